The highest BCUT2D eigenvalue weighted by Crippen LogP contribution is 2.28. The number of aromatic nitrogens is 4. The number of aryl methyl sites for hydroxylation is 2. The van der Waals surface area contributed by atoms with Gasteiger partial charge in [0.15, 0.2) is 0 Å². The van der Waals surface area contributed by atoms with Gasteiger partial charge in [0, 0.05) is 13.1 Å². The summed E-state index contributed by atoms with van der Waals surface area (Å²) in [5.41, 5.74) is 1.79. The predicted molar refractivity (Wildman–Crippen MR) is 84.7 cm³/mol. The van der Waals surface area contributed by atoms with Crippen LogP contribution in [0.2, 0.25) is 0 Å². The molecule has 1 N–H and O–H groups in total. The SMILES string of the molecule is Cc1cc(NC(=O)CSc2ncnc3ccsc23)n(C)n1. The topological polar surface area (TPSA) is 72.7 Å². The summed E-state index contributed by atoms with van der Waals surface area (Å²) < 4.78 is 2.67. The summed E-state index contributed by atoms with van der Waals surface area (Å²) in [6, 6.07) is 3.79. The largest absolute Gasteiger partial charge is 0.310 e. The Bertz CT molecular complexity index is 795. The number of rotatable bonds is 4. The van der Waals surface area contributed by atoms with Crippen molar-refractivity contribution in [3.63, 3.8) is 0 Å². The first kappa shape index (κ1) is 14.0. The van der Waals surface area contributed by atoms with Gasteiger partial charge in [-0.2, -0.15) is 5.10 Å². The molecule has 0 saturated heterocycles. The monoisotopic (exact) mass is 319 g/mol. The van der Waals surface area contributed by atoms with E-state index in [4.69, 9.17) is 0 Å². The molecule has 8 heteroatoms. The lowest BCUT2D eigenvalue weighted by atomic mass is 10.4. The number of hydrogen-bond donors (Lipinski definition) is 1. The van der Waals surface area contributed by atoms with Gasteiger partial charge < -0.3 is 5.32 Å². The third-order valence-electron chi connectivity index (χ3n) is 2.82. The highest BCUT2D eigenvalue weighted by atomic mass is 32.2. The average molecular weight is 319 g/mol. The van der Waals surface area contributed by atoms with Gasteiger partial charge in [-0.15, -0.1) is 11.3 Å². The number of carbonyl (C=O) groups is 1. The number of thioether (sulfide) groups is 1. The van der Waals surface area contributed by atoms with Crippen molar-refractivity contribution in [2.75, 3.05) is 11.1 Å². The molecule has 108 valence electrons. The van der Waals surface area contributed by atoms with Crippen molar-refractivity contribution in [3.8, 4) is 0 Å². The van der Waals surface area contributed by atoms with Crippen LogP contribution in [0.5, 0.6) is 0 Å². The van der Waals surface area contributed by atoms with Gasteiger partial charge in [0.05, 0.1) is 21.7 Å². The zero-order chi connectivity index (χ0) is 14.8. The van der Waals surface area contributed by atoms with Gasteiger partial charge in [-0.1, -0.05) is 11.8 Å². The highest BCUT2D eigenvalue weighted by molar-refractivity contribution is 8.00. The summed E-state index contributed by atoms with van der Waals surface area (Å²) in [7, 11) is 1.80. The highest BCUT2D eigenvalue weighted by Gasteiger charge is 2.10. The number of carbonyl (C=O) groups excluding carboxylic acids is 1. The minimum Gasteiger partial charge on any atom is -0.310 e. The van der Waals surface area contributed by atoms with Gasteiger partial charge in [0.1, 0.15) is 17.2 Å². The molecule has 0 unspecified atom stereocenters. The van der Waals surface area contributed by atoms with Crippen LogP contribution in [0.1, 0.15) is 5.69 Å². The second kappa shape index (κ2) is 5.82. The average Bonchev–Trinajstić information content (AvgIpc) is 3.03. The quantitative estimate of drug-likeness (QED) is 0.591. The second-order valence-corrected chi connectivity index (χ2v) is 6.33. The van der Waals surface area contributed by atoms with Crippen LogP contribution in [0.4, 0.5) is 5.82 Å². The molecule has 3 aromatic rings. The molecule has 0 aliphatic heterocycles. The molecule has 0 bridgehead atoms. The van der Waals surface area contributed by atoms with Gasteiger partial charge in [-0.05, 0) is 18.4 Å². The number of hydrogen-bond acceptors (Lipinski definition) is 6. The molecule has 3 heterocycles. The molecule has 0 atom stereocenters. The zero-order valence-electron chi connectivity index (χ0n) is 11.5. The minimum absolute atomic E-state index is 0.0775. The standard InChI is InChI=1S/C13H13N5OS2/c1-8-5-10(18(2)17-8)16-11(19)6-21-13-12-9(3-4-20-12)14-7-15-13/h3-5,7H,6H2,1-2H3,(H,16,19). The van der Waals surface area contributed by atoms with E-state index in [0.29, 0.717) is 11.6 Å². The van der Waals surface area contributed by atoms with E-state index in [2.05, 4.69) is 20.4 Å². The van der Waals surface area contributed by atoms with Crippen LogP contribution in [0.3, 0.4) is 0 Å². The molecule has 0 aromatic carbocycles. The minimum atomic E-state index is -0.0775. The molecule has 3 aromatic heterocycles. The normalized spacial score (nSPS) is 11.0. The molecule has 0 spiro atoms. The Balaban J connectivity index is 1.66. The van der Waals surface area contributed by atoms with Crippen molar-refractivity contribution in [1.82, 2.24) is 19.7 Å². The molecule has 0 radical (unpaired) electrons. The smallest absolute Gasteiger partial charge is 0.235 e. The van der Waals surface area contributed by atoms with Crippen molar-refractivity contribution in [2.24, 2.45) is 7.05 Å². The number of thiophene rings is 1. The summed E-state index contributed by atoms with van der Waals surface area (Å²) in [5, 5.41) is 9.85. The van der Waals surface area contributed by atoms with Crippen molar-refractivity contribution >= 4 is 45.0 Å². The van der Waals surface area contributed by atoms with Crippen molar-refractivity contribution in [2.45, 2.75) is 11.9 Å². The van der Waals surface area contributed by atoms with Crippen molar-refractivity contribution in [1.29, 1.82) is 0 Å². The second-order valence-electron chi connectivity index (χ2n) is 4.45. The lowest BCUT2D eigenvalue weighted by Crippen LogP contribution is -2.16. The molecule has 1 amide bonds. The van der Waals surface area contributed by atoms with Crippen LogP contribution in [0.15, 0.2) is 28.9 Å². The third-order valence-corrected chi connectivity index (χ3v) is 4.85. The van der Waals surface area contributed by atoms with Gasteiger partial charge in [-0.3, -0.25) is 9.48 Å². The first-order chi connectivity index (χ1) is 10.1. The maximum absolute atomic E-state index is 12.0. The summed E-state index contributed by atoms with van der Waals surface area (Å²) in [6.45, 7) is 1.89. The Morgan fingerprint density at radius 1 is 1.48 bits per heavy atom. The van der Waals surface area contributed by atoms with Gasteiger partial charge in [0.25, 0.3) is 0 Å². The van der Waals surface area contributed by atoms with Crippen LogP contribution in [-0.4, -0.2) is 31.4 Å². The molecule has 0 aliphatic carbocycles. The van der Waals surface area contributed by atoms with E-state index >= 15 is 0 Å². The fourth-order valence-corrected chi connectivity index (χ4v) is 3.66. The van der Waals surface area contributed by atoms with Crippen LogP contribution in [0, 0.1) is 6.92 Å². The number of nitrogens with one attached hydrogen (secondary N) is 1. The Hall–Kier alpha value is -1.93. The van der Waals surface area contributed by atoms with Gasteiger partial charge >= 0.3 is 0 Å². The van der Waals surface area contributed by atoms with E-state index in [1.165, 1.54) is 18.1 Å². The van der Waals surface area contributed by atoms with Gasteiger partial charge in [0.2, 0.25) is 5.91 Å². The molecular formula is C13H13N5OS2. The summed E-state index contributed by atoms with van der Waals surface area (Å²) in [4.78, 5) is 20.4. The number of fused-ring (bicyclic) bond motifs is 1. The lowest BCUT2D eigenvalue weighted by molar-refractivity contribution is -0.113. The predicted octanol–water partition coefficient (Wildman–Crippen LogP) is 2.46. The molecule has 0 saturated carbocycles. The van der Waals surface area contributed by atoms with Crippen molar-refractivity contribution in [3.05, 3.63) is 29.5 Å². The molecule has 6 nitrogen and oxygen atoms in total. The van der Waals surface area contributed by atoms with Crippen LogP contribution < -0.4 is 5.32 Å². The fourth-order valence-electron chi connectivity index (χ4n) is 1.91. The van der Waals surface area contributed by atoms with Crippen LogP contribution >= 0.6 is 23.1 Å². The van der Waals surface area contributed by atoms with E-state index in [-0.39, 0.29) is 5.91 Å². The Morgan fingerprint density at radius 3 is 3.10 bits per heavy atom. The van der Waals surface area contributed by atoms with Crippen molar-refractivity contribution < 1.29 is 4.79 Å². The first-order valence-electron chi connectivity index (χ1n) is 6.25. The van der Waals surface area contributed by atoms with E-state index in [9.17, 15) is 4.79 Å². The fraction of sp³-hybridized carbons (Fsp3) is 0.231. The van der Waals surface area contributed by atoms with E-state index in [1.54, 1.807) is 23.1 Å². The zero-order valence-corrected chi connectivity index (χ0v) is 13.2. The van der Waals surface area contributed by atoms with Crippen LogP contribution in [-0.2, 0) is 11.8 Å². The number of anilines is 1. The molecule has 21 heavy (non-hydrogen) atoms. The Labute approximate surface area is 129 Å². The maximum atomic E-state index is 12.0. The lowest BCUT2D eigenvalue weighted by Gasteiger charge is -2.05. The van der Waals surface area contributed by atoms with E-state index in [0.717, 1.165) is 20.9 Å². The molecule has 0 fully saturated rings. The summed E-state index contributed by atoms with van der Waals surface area (Å²) in [6.07, 6.45) is 1.53. The molecule has 0 aliphatic rings. The first-order valence-corrected chi connectivity index (χ1v) is 8.11. The van der Waals surface area contributed by atoms with Crippen LogP contribution in [0.25, 0.3) is 10.2 Å². The summed E-state index contributed by atoms with van der Waals surface area (Å²) in [5.74, 6) is 0.919. The van der Waals surface area contributed by atoms with E-state index in [1.807, 2.05) is 24.4 Å². The third kappa shape index (κ3) is 3.06. The Morgan fingerprint density at radius 2 is 2.33 bits per heavy atom. The maximum Gasteiger partial charge on any atom is 0.235 e. The van der Waals surface area contributed by atoms with E-state index < -0.39 is 0 Å². The number of amides is 1. The Kier molecular flexibility index (Phi) is 3.89. The van der Waals surface area contributed by atoms with Gasteiger partial charge in [-0.25, -0.2) is 9.97 Å². The summed E-state index contributed by atoms with van der Waals surface area (Å²) >= 11 is 3.00. The molecular weight excluding hydrogens is 306 g/mol. The number of nitrogens with zero attached hydrogens (tertiary/aromatic N) is 4. The molecule has 3 rings (SSSR count).